The van der Waals surface area contributed by atoms with Crippen molar-refractivity contribution >= 4 is 31.0 Å². The highest BCUT2D eigenvalue weighted by molar-refractivity contribution is 7.88. The van der Waals surface area contributed by atoms with Gasteiger partial charge in [0.15, 0.2) is 0 Å². The molecule has 9 nitrogen and oxygen atoms in total. The van der Waals surface area contributed by atoms with Crippen LogP contribution < -0.4 is 14.9 Å². The van der Waals surface area contributed by atoms with E-state index in [1.54, 1.807) is 13.1 Å². The molecule has 182 valence electrons. The van der Waals surface area contributed by atoms with E-state index in [1.165, 1.54) is 18.2 Å². The van der Waals surface area contributed by atoms with Crippen LogP contribution in [0.2, 0.25) is 0 Å². The minimum Gasteiger partial charge on any atom is -0.457 e. The second kappa shape index (κ2) is 9.17. The summed E-state index contributed by atoms with van der Waals surface area (Å²) in [7, 11) is -6.34. The van der Waals surface area contributed by atoms with E-state index < -0.39 is 20.1 Å². The van der Waals surface area contributed by atoms with E-state index in [4.69, 9.17) is 4.74 Å². The van der Waals surface area contributed by atoms with E-state index in [0.29, 0.717) is 28.1 Å². The van der Waals surface area contributed by atoms with E-state index in [2.05, 4.69) is 9.93 Å². The molecule has 2 N–H and O–H groups in total. The Bertz CT molecular complexity index is 1690. The predicted octanol–water partition coefficient (Wildman–Crippen LogP) is 3.56. The monoisotopic (exact) mass is 513 g/mol. The van der Waals surface area contributed by atoms with Gasteiger partial charge in [0.25, 0.3) is 10.1 Å². The van der Waals surface area contributed by atoms with Gasteiger partial charge >= 0.3 is 0 Å². The zero-order chi connectivity index (χ0) is 25.4. The van der Waals surface area contributed by atoms with Gasteiger partial charge in [-0.15, -0.1) is 0 Å². The largest absolute Gasteiger partial charge is 0.457 e. The van der Waals surface area contributed by atoms with Gasteiger partial charge in [0, 0.05) is 12.4 Å². The molecule has 0 radical (unpaired) electrons. The number of hydrogen-bond acceptors (Lipinski definition) is 6. The maximum atomic E-state index is 11.7. The first-order chi connectivity index (χ1) is 16.4. The van der Waals surface area contributed by atoms with Crippen LogP contribution in [-0.4, -0.2) is 32.2 Å². The Morgan fingerprint density at radius 3 is 2.06 bits per heavy atom. The van der Waals surface area contributed by atoms with Crippen molar-refractivity contribution in [3.63, 3.8) is 0 Å². The van der Waals surface area contributed by atoms with Crippen molar-refractivity contribution in [2.24, 2.45) is 12.1 Å². The molecule has 0 amide bonds. The number of rotatable bonds is 6. The smallest absolute Gasteiger partial charge is 0.294 e. The number of nitrogens with one attached hydrogen (secondary N) is 1. The Hall–Kier alpha value is -3.67. The highest BCUT2D eigenvalue weighted by atomic mass is 32.2. The van der Waals surface area contributed by atoms with E-state index in [9.17, 15) is 21.4 Å². The summed E-state index contributed by atoms with van der Waals surface area (Å²) >= 11 is 0. The van der Waals surface area contributed by atoms with Gasteiger partial charge in [0.05, 0.1) is 27.7 Å². The van der Waals surface area contributed by atoms with Crippen molar-refractivity contribution in [2.45, 2.75) is 11.8 Å². The summed E-state index contributed by atoms with van der Waals surface area (Å²) in [6.07, 6.45) is 0.957. The molecule has 35 heavy (non-hydrogen) atoms. The zero-order valence-corrected chi connectivity index (χ0v) is 20.8. The summed E-state index contributed by atoms with van der Waals surface area (Å²) in [5, 5.41) is 4.50. The lowest BCUT2D eigenvalue weighted by Gasteiger charge is -2.15. The molecule has 4 rings (SSSR count). The third-order valence-corrected chi connectivity index (χ3v) is 6.55. The quantitative estimate of drug-likeness (QED) is 0.300. The first kappa shape index (κ1) is 24.5. The molecule has 3 aromatic carbocycles. The molecule has 0 atom stereocenters. The van der Waals surface area contributed by atoms with Crippen molar-refractivity contribution < 1.29 is 26.1 Å². The van der Waals surface area contributed by atoms with Crippen molar-refractivity contribution in [3.05, 3.63) is 83.7 Å². The van der Waals surface area contributed by atoms with E-state index >= 15 is 0 Å². The lowest BCUT2D eigenvalue weighted by molar-refractivity contribution is 0.482. The summed E-state index contributed by atoms with van der Waals surface area (Å²) in [6.45, 7) is 2.00. The molecule has 0 aliphatic heterocycles. The molecular formula is C24H23N3O6S2. The average molecular weight is 514 g/mol. The summed E-state index contributed by atoms with van der Waals surface area (Å²) in [4.78, 5) is 1.76. The van der Waals surface area contributed by atoms with Crippen LogP contribution in [0.15, 0.2) is 82.8 Å². The third-order valence-electron chi connectivity index (χ3n) is 5.28. The normalized spacial score (nSPS) is 12.6. The SMILES string of the molecule is Cc1ccc(Oc2ccc(-c3c/c(=N/NS(C)(=O)=O)c4cc(S(=O)(=O)O)ccc4n3C)cc2)cc1. The molecule has 4 aromatic rings. The van der Waals surface area contributed by atoms with E-state index in [1.807, 2.05) is 60.0 Å². The van der Waals surface area contributed by atoms with Crippen LogP contribution in [0.25, 0.3) is 22.2 Å². The molecular weight excluding hydrogens is 490 g/mol. The molecule has 0 aliphatic rings. The average Bonchev–Trinajstić information content (AvgIpc) is 2.79. The second-order valence-corrected chi connectivity index (χ2v) is 11.2. The molecule has 0 fully saturated rings. The lowest BCUT2D eigenvalue weighted by atomic mass is 10.1. The Balaban J connectivity index is 1.82. The van der Waals surface area contributed by atoms with Crippen LogP contribution >= 0.6 is 0 Å². The minimum atomic E-state index is -4.47. The second-order valence-electron chi connectivity index (χ2n) is 8.04. The third kappa shape index (κ3) is 5.70. The molecule has 0 spiro atoms. The van der Waals surface area contributed by atoms with Crippen LogP contribution in [-0.2, 0) is 27.2 Å². The molecule has 0 unspecified atom stereocenters. The van der Waals surface area contributed by atoms with Crippen molar-refractivity contribution in [3.8, 4) is 22.8 Å². The Morgan fingerprint density at radius 2 is 1.49 bits per heavy atom. The predicted molar refractivity (Wildman–Crippen MR) is 133 cm³/mol. The number of aryl methyl sites for hydroxylation is 2. The van der Waals surface area contributed by atoms with Crippen LogP contribution in [0.3, 0.4) is 0 Å². The van der Waals surface area contributed by atoms with Gasteiger partial charge < -0.3 is 9.30 Å². The molecule has 1 heterocycles. The van der Waals surface area contributed by atoms with Crippen molar-refractivity contribution in [2.75, 3.05) is 6.26 Å². The van der Waals surface area contributed by atoms with Gasteiger partial charge in [-0.25, -0.2) is 13.2 Å². The fourth-order valence-corrected chi connectivity index (χ4v) is 4.32. The molecule has 0 saturated heterocycles. The summed E-state index contributed by atoms with van der Waals surface area (Å²) in [5.74, 6) is 1.35. The van der Waals surface area contributed by atoms with Gasteiger partial charge in [-0.1, -0.05) is 17.7 Å². The number of nitrogens with zero attached hydrogens (tertiary/aromatic N) is 2. The fraction of sp³-hybridized carbons (Fsp3) is 0.125. The van der Waals surface area contributed by atoms with Crippen LogP contribution in [0.5, 0.6) is 11.5 Å². The number of ether oxygens (including phenoxy) is 1. The van der Waals surface area contributed by atoms with E-state index in [-0.39, 0.29) is 10.3 Å². The Kier molecular flexibility index (Phi) is 6.41. The number of pyridine rings is 1. The molecule has 0 bridgehead atoms. The Morgan fingerprint density at radius 1 is 0.886 bits per heavy atom. The summed E-state index contributed by atoms with van der Waals surface area (Å²) in [5.41, 5.74) is 3.18. The molecule has 0 saturated carbocycles. The molecule has 1 aromatic heterocycles. The number of hydrogen-bond donors (Lipinski definition) is 2. The summed E-state index contributed by atoms with van der Waals surface area (Å²) < 4.78 is 63.7. The van der Waals surface area contributed by atoms with Crippen molar-refractivity contribution in [1.82, 2.24) is 9.40 Å². The number of benzene rings is 3. The van der Waals surface area contributed by atoms with Gasteiger partial charge in [0.1, 0.15) is 11.5 Å². The highest BCUT2D eigenvalue weighted by Crippen LogP contribution is 2.27. The van der Waals surface area contributed by atoms with Crippen LogP contribution in [0.1, 0.15) is 5.56 Å². The fourth-order valence-electron chi connectivity index (χ4n) is 3.54. The maximum Gasteiger partial charge on any atom is 0.294 e. The molecule has 0 aliphatic carbocycles. The number of aromatic nitrogens is 1. The van der Waals surface area contributed by atoms with Gasteiger partial charge in [-0.3, -0.25) is 4.55 Å². The highest BCUT2D eigenvalue weighted by Gasteiger charge is 2.14. The lowest BCUT2D eigenvalue weighted by Crippen LogP contribution is -2.21. The topological polar surface area (TPSA) is 127 Å². The van der Waals surface area contributed by atoms with Gasteiger partial charge in [-0.05, 0) is 73.2 Å². The van der Waals surface area contributed by atoms with Crippen LogP contribution in [0, 0.1) is 6.92 Å². The minimum absolute atomic E-state index is 0.184. The van der Waals surface area contributed by atoms with Gasteiger partial charge in [0.2, 0.25) is 10.0 Å². The summed E-state index contributed by atoms with van der Waals surface area (Å²) in [6, 6.07) is 20.7. The first-order valence-corrected chi connectivity index (χ1v) is 13.7. The van der Waals surface area contributed by atoms with Crippen molar-refractivity contribution in [1.29, 1.82) is 0 Å². The van der Waals surface area contributed by atoms with Gasteiger partial charge in [-0.2, -0.15) is 13.5 Å². The van der Waals surface area contributed by atoms with Crippen LogP contribution in [0.4, 0.5) is 0 Å². The first-order valence-electron chi connectivity index (χ1n) is 10.4. The van der Waals surface area contributed by atoms with E-state index in [0.717, 1.165) is 17.4 Å². The Labute approximate surface area is 203 Å². The maximum absolute atomic E-state index is 11.7. The zero-order valence-electron chi connectivity index (χ0n) is 19.1. The number of sulfonamides is 1. The standard InChI is InChI=1S/C24H23N3O6S2/c1-16-4-8-18(9-5-16)33-19-10-6-17(7-11-19)24-15-22(25-26-34(3,28)29)21-14-20(35(30,31)32)12-13-23(21)27(24)2/h4-15,26H,1-3H3,(H,30,31,32)/b25-22-. The number of fused-ring (bicyclic) bond motifs is 1. The molecule has 11 heteroatoms.